The molecule has 4 heteroatoms. The van der Waals surface area contributed by atoms with Gasteiger partial charge in [-0.1, -0.05) is 25.4 Å². The summed E-state index contributed by atoms with van der Waals surface area (Å²) in [5.41, 5.74) is 1.37. The Kier molecular flexibility index (Phi) is 4.84. The molecule has 1 aromatic rings. The van der Waals surface area contributed by atoms with Crippen LogP contribution >= 0.6 is 11.6 Å². The minimum atomic E-state index is 0.0636. The second-order valence-corrected chi connectivity index (χ2v) is 8.30. The SMILES string of the molecule is CC1(C)CCCN(c2ccc(Cl)c(CNC(C)(C)C)n2)C1. The Labute approximate surface area is 134 Å². The monoisotopic (exact) mass is 309 g/mol. The summed E-state index contributed by atoms with van der Waals surface area (Å²) in [7, 11) is 0. The highest BCUT2D eigenvalue weighted by molar-refractivity contribution is 6.31. The van der Waals surface area contributed by atoms with Crippen LogP contribution in [0.4, 0.5) is 5.82 Å². The topological polar surface area (TPSA) is 28.2 Å². The van der Waals surface area contributed by atoms with Crippen molar-refractivity contribution in [1.82, 2.24) is 10.3 Å². The second kappa shape index (κ2) is 6.13. The van der Waals surface area contributed by atoms with E-state index in [2.05, 4.69) is 44.8 Å². The largest absolute Gasteiger partial charge is 0.356 e. The molecule has 0 radical (unpaired) electrons. The van der Waals surface area contributed by atoms with Gasteiger partial charge in [0.2, 0.25) is 0 Å². The normalized spacial score (nSPS) is 18.9. The number of anilines is 1. The molecule has 0 unspecified atom stereocenters. The minimum Gasteiger partial charge on any atom is -0.356 e. The summed E-state index contributed by atoms with van der Waals surface area (Å²) >= 11 is 6.30. The predicted molar refractivity (Wildman–Crippen MR) is 91.1 cm³/mol. The highest BCUT2D eigenvalue weighted by Crippen LogP contribution is 2.31. The van der Waals surface area contributed by atoms with Gasteiger partial charge in [-0.25, -0.2) is 4.98 Å². The van der Waals surface area contributed by atoms with Crippen LogP contribution in [-0.4, -0.2) is 23.6 Å². The number of piperidine rings is 1. The third-order valence-electron chi connectivity index (χ3n) is 3.91. The van der Waals surface area contributed by atoms with Crippen molar-refractivity contribution in [3.8, 4) is 0 Å². The van der Waals surface area contributed by atoms with Crippen LogP contribution < -0.4 is 10.2 Å². The molecule has 0 aliphatic carbocycles. The molecule has 0 aromatic carbocycles. The van der Waals surface area contributed by atoms with Crippen LogP contribution in [0.5, 0.6) is 0 Å². The molecule has 0 amide bonds. The van der Waals surface area contributed by atoms with Crippen LogP contribution in [0.3, 0.4) is 0 Å². The average molecular weight is 310 g/mol. The Balaban J connectivity index is 2.14. The Morgan fingerprint density at radius 2 is 2.05 bits per heavy atom. The Morgan fingerprint density at radius 1 is 1.33 bits per heavy atom. The summed E-state index contributed by atoms with van der Waals surface area (Å²) in [6.45, 7) is 14.0. The maximum atomic E-state index is 6.30. The lowest BCUT2D eigenvalue weighted by molar-refractivity contribution is 0.292. The van der Waals surface area contributed by atoms with Crippen molar-refractivity contribution in [1.29, 1.82) is 0 Å². The number of nitrogens with one attached hydrogen (secondary N) is 1. The van der Waals surface area contributed by atoms with Crippen molar-refractivity contribution in [2.75, 3.05) is 18.0 Å². The van der Waals surface area contributed by atoms with Gasteiger partial charge in [-0.2, -0.15) is 0 Å². The van der Waals surface area contributed by atoms with Crippen molar-refractivity contribution < 1.29 is 0 Å². The van der Waals surface area contributed by atoms with E-state index in [9.17, 15) is 0 Å². The van der Waals surface area contributed by atoms with Crippen LogP contribution in [-0.2, 0) is 6.54 Å². The van der Waals surface area contributed by atoms with Gasteiger partial charge in [0.15, 0.2) is 0 Å². The summed E-state index contributed by atoms with van der Waals surface area (Å²) in [6.07, 6.45) is 2.52. The van der Waals surface area contributed by atoms with Crippen LogP contribution in [0.2, 0.25) is 5.02 Å². The third-order valence-corrected chi connectivity index (χ3v) is 4.26. The van der Waals surface area contributed by atoms with Crippen molar-refractivity contribution in [2.45, 2.75) is 59.5 Å². The number of nitrogens with zero attached hydrogens (tertiary/aromatic N) is 2. The molecule has 3 nitrogen and oxygen atoms in total. The van der Waals surface area contributed by atoms with E-state index >= 15 is 0 Å². The molecular formula is C17H28ClN3. The molecule has 2 rings (SSSR count). The van der Waals surface area contributed by atoms with Gasteiger partial charge in [-0.3, -0.25) is 0 Å². The predicted octanol–water partition coefficient (Wildman–Crippen LogP) is 4.25. The summed E-state index contributed by atoms with van der Waals surface area (Å²) < 4.78 is 0. The molecule has 21 heavy (non-hydrogen) atoms. The van der Waals surface area contributed by atoms with Gasteiger partial charge < -0.3 is 10.2 Å². The van der Waals surface area contributed by atoms with E-state index in [0.717, 1.165) is 29.6 Å². The molecule has 1 aromatic heterocycles. The smallest absolute Gasteiger partial charge is 0.128 e. The molecule has 0 bridgehead atoms. The third kappa shape index (κ3) is 4.86. The molecule has 0 saturated carbocycles. The molecule has 118 valence electrons. The van der Waals surface area contributed by atoms with Gasteiger partial charge in [0, 0.05) is 25.2 Å². The Hall–Kier alpha value is -0.800. The van der Waals surface area contributed by atoms with Gasteiger partial charge in [0.1, 0.15) is 5.82 Å². The molecule has 1 saturated heterocycles. The maximum Gasteiger partial charge on any atom is 0.128 e. The van der Waals surface area contributed by atoms with E-state index in [4.69, 9.17) is 16.6 Å². The second-order valence-electron chi connectivity index (χ2n) is 7.89. The van der Waals surface area contributed by atoms with Crippen LogP contribution in [0.25, 0.3) is 0 Å². The van der Waals surface area contributed by atoms with Crippen molar-refractivity contribution in [2.24, 2.45) is 5.41 Å². The first-order valence-corrected chi connectivity index (χ1v) is 8.20. The van der Waals surface area contributed by atoms with Gasteiger partial charge in [-0.05, 0) is 51.2 Å². The summed E-state index contributed by atoms with van der Waals surface area (Å²) in [6, 6.07) is 4.02. The number of hydrogen-bond donors (Lipinski definition) is 1. The van der Waals surface area contributed by atoms with Crippen LogP contribution in [0.1, 0.15) is 53.2 Å². The zero-order chi connectivity index (χ0) is 15.7. The fourth-order valence-electron chi connectivity index (χ4n) is 2.74. The van der Waals surface area contributed by atoms with Crippen molar-refractivity contribution in [3.63, 3.8) is 0 Å². The van der Waals surface area contributed by atoms with E-state index in [1.807, 2.05) is 12.1 Å². The lowest BCUT2D eigenvalue weighted by Crippen LogP contribution is -2.40. The first-order chi connectivity index (χ1) is 9.66. The average Bonchev–Trinajstić information content (AvgIpc) is 2.35. The molecule has 0 atom stereocenters. The van der Waals surface area contributed by atoms with Gasteiger partial charge in [0.05, 0.1) is 10.7 Å². The molecular weight excluding hydrogens is 282 g/mol. The zero-order valence-electron chi connectivity index (χ0n) is 14.0. The molecule has 1 aliphatic rings. The quantitative estimate of drug-likeness (QED) is 0.904. The number of aromatic nitrogens is 1. The van der Waals surface area contributed by atoms with Crippen LogP contribution in [0, 0.1) is 5.41 Å². The van der Waals surface area contributed by atoms with Crippen LogP contribution in [0.15, 0.2) is 12.1 Å². The van der Waals surface area contributed by atoms with E-state index in [-0.39, 0.29) is 5.54 Å². The molecule has 0 spiro atoms. The highest BCUT2D eigenvalue weighted by atomic mass is 35.5. The van der Waals surface area contributed by atoms with Gasteiger partial charge >= 0.3 is 0 Å². The van der Waals surface area contributed by atoms with E-state index in [1.165, 1.54) is 12.8 Å². The number of halogens is 1. The fraction of sp³-hybridized carbons (Fsp3) is 0.706. The van der Waals surface area contributed by atoms with E-state index in [0.29, 0.717) is 12.0 Å². The summed E-state index contributed by atoms with van der Waals surface area (Å²) in [5, 5.41) is 4.20. The van der Waals surface area contributed by atoms with Crippen molar-refractivity contribution in [3.05, 3.63) is 22.8 Å². The summed E-state index contributed by atoms with van der Waals surface area (Å²) in [4.78, 5) is 7.19. The Bertz CT molecular complexity index is 491. The van der Waals surface area contributed by atoms with E-state index < -0.39 is 0 Å². The first kappa shape index (κ1) is 16.6. The van der Waals surface area contributed by atoms with Gasteiger partial charge in [0.25, 0.3) is 0 Å². The Morgan fingerprint density at radius 3 is 2.67 bits per heavy atom. The lowest BCUT2D eigenvalue weighted by atomic mass is 9.84. The maximum absolute atomic E-state index is 6.30. The molecule has 1 aliphatic heterocycles. The standard InChI is InChI=1S/C17H28ClN3/c1-16(2,3)19-11-14-13(18)7-8-15(20-14)21-10-6-9-17(4,5)12-21/h7-8,19H,6,9-12H2,1-5H3. The molecule has 1 fully saturated rings. The molecule has 2 heterocycles. The minimum absolute atomic E-state index is 0.0636. The molecule has 1 N–H and O–H groups in total. The summed E-state index contributed by atoms with van der Waals surface area (Å²) in [5.74, 6) is 1.05. The lowest BCUT2D eigenvalue weighted by Gasteiger charge is -2.39. The number of hydrogen-bond acceptors (Lipinski definition) is 3. The first-order valence-electron chi connectivity index (χ1n) is 7.82. The van der Waals surface area contributed by atoms with Crippen molar-refractivity contribution >= 4 is 17.4 Å². The zero-order valence-corrected chi connectivity index (χ0v) is 14.7. The highest BCUT2D eigenvalue weighted by Gasteiger charge is 2.27. The number of rotatable bonds is 3. The fourth-order valence-corrected chi connectivity index (χ4v) is 2.91. The van der Waals surface area contributed by atoms with E-state index in [1.54, 1.807) is 0 Å². The number of pyridine rings is 1. The van der Waals surface area contributed by atoms with Gasteiger partial charge in [-0.15, -0.1) is 0 Å².